The fourth-order valence-electron chi connectivity index (χ4n) is 0.952. The van der Waals surface area contributed by atoms with Gasteiger partial charge in [-0.1, -0.05) is 43.0 Å². The van der Waals surface area contributed by atoms with Crippen LogP contribution in [0.3, 0.4) is 0 Å². The van der Waals surface area contributed by atoms with Crippen LogP contribution in [-0.4, -0.2) is 0 Å². The van der Waals surface area contributed by atoms with Crippen molar-refractivity contribution < 1.29 is 0 Å². The summed E-state index contributed by atoms with van der Waals surface area (Å²) in [6.07, 6.45) is 14.7. The van der Waals surface area contributed by atoms with E-state index in [2.05, 4.69) is 30.9 Å². The molecule has 0 bridgehead atoms. The van der Waals surface area contributed by atoms with E-state index in [9.17, 15) is 0 Å². The second kappa shape index (κ2) is 3.89. The topological polar surface area (TPSA) is 0 Å². The van der Waals surface area contributed by atoms with Crippen LogP contribution in [0.25, 0.3) is 0 Å². The molecule has 0 N–H and O–H groups in total. The highest BCUT2D eigenvalue weighted by atomic mass is 14.0. The van der Waals surface area contributed by atoms with Crippen molar-refractivity contribution in [2.75, 3.05) is 0 Å². The number of hydrogen-bond acceptors (Lipinski definition) is 0. The molecule has 0 heterocycles. The van der Waals surface area contributed by atoms with E-state index < -0.39 is 0 Å². The summed E-state index contributed by atoms with van der Waals surface area (Å²) in [5.41, 5.74) is 1.39. The van der Waals surface area contributed by atoms with Gasteiger partial charge in [0.05, 0.1) is 0 Å². The van der Waals surface area contributed by atoms with Crippen LogP contribution < -0.4 is 0 Å². The first kappa shape index (κ1) is 7.07. The van der Waals surface area contributed by atoms with Gasteiger partial charge in [0.15, 0.2) is 0 Å². The summed E-state index contributed by atoms with van der Waals surface area (Å²) in [6.45, 7) is 3.61. The van der Waals surface area contributed by atoms with E-state index in [1.807, 2.05) is 6.08 Å². The van der Waals surface area contributed by atoms with Gasteiger partial charge in [0.2, 0.25) is 0 Å². The van der Waals surface area contributed by atoms with Crippen LogP contribution in [0.15, 0.2) is 48.6 Å². The quantitative estimate of drug-likeness (QED) is 0.507. The second-order valence-corrected chi connectivity index (χ2v) is 2.30. The second-order valence-electron chi connectivity index (χ2n) is 2.30. The Kier molecular flexibility index (Phi) is 2.75. The minimum Gasteiger partial charge on any atom is -0.0991 e. The Morgan fingerprint density at radius 2 is 2.40 bits per heavy atom. The molecule has 0 saturated heterocycles. The van der Waals surface area contributed by atoms with Crippen LogP contribution in [-0.2, 0) is 0 Å². The molecule has 1 aliphatic rings. The molecule has 10 heavy (non-hydrogen) atoms. The average Bonchev–Trinajstić information content (AvgIpc) is 2.03. The van der Waals surface area contributed by atoms with Gasteiger partial charge in [-0.25, -0.2) is 0 Å². The highest BCUT2D eigenvalue weighted by Crippen LogP contribution is 2.12. The fourth-order valence-corrected chi connectivity index (χ4v) is 0.952. The molecule has 0 spiro atoms. The lowest BCUT2D eigenvalue weighted by Crippen LogP contribution is -1.81. The van der Waals surface area contributed by atoms with E-state index >= 15 is 0 Å². The Morgan fingerprint density at radius 1 is 1.50 bits per heavy atom. The molecule has 0 atom stereocenters. The zero-order valence-electron chi connectivity index (χ0n) is 6.09. The summed E-state index contributed by atoms with van der Waals surface area (Å²) in [5, 5.41) is 0. The summed E-state index contributed by atoms with van der Waals surface area (Å²) in [5.74, 6) is 0. The predicted molar refractivity (Wildman–Crippen MR) is 45.8 cm³/mol. The van der Waals surface area contributed by atoms with E-state index in [1.54, 1.807) is 6.08 Å². The Hall–Kier alpha value is -1.04. The molecule has 1 rings (SSSR count). The largest absolute Gasteiger partial charge is 0.0991 e. The monoisotopic (exact) mass is 132 g/mol. The van der Waals surface area contributed by atoms with E-state index in [4.69, 9.17) is 0 Å². The van der Waals surface area contributed by atoms with Crippen molar-refractivity contribution >= 4 is 0 Å². The first-order valence-corrected chi connectivity index (χ1v) is 3.58. The highest BCUT2D eigenvalue weighted by Gasteiger charge is 1.92. The lowest BCUT2D eigenvalue weighted by atomic mass is 10.1. The molecule has 0 amide bonds. The van der Waals surface area contributed by atoms with Gasteiger partial charge < -0.3 is 0 Å². The molecule has 0 fully saturated rings. The van der Waals surface area contributed by atoms with Gasteiger partial charge in [0.1, 0.15) is 0 Å². The van der Waals surface area contributed by atoms with E-state index in [-0.39, 0.29) is 0 Å². The van der Waals surface area contributed by atoms with E-state index in [0.29, 0.717) is 0 Å². The third-order valence-corrected chi connectivity index (χ3v) is 1.49. The molecule has 0 unspecified atom stereocenters. The van der Waals surface area contributed by atoms with Crippen molar-refractivity contribution in [3.63, 3.8) is 0 Å². The minimum absolute atomic E-state index is 1.17. The minimum atomic E-state index is 1.17. The Labute approximate surface area is 62.3 Å². The Morgan fingerprint density at radius 3 is 3.00 bits per heavy atom. The normalized spacial score (nSPS) is 17.4. The SMILES string of the molecule is C=C/C=C/C1=CC=CCC1. The van der Waals surface area contributed by atoms with Gasteiger partial charge in [-0.05, 0) is 18.4 Å². The lowest BCUT2D eigenvalue weighted by molar-refractivity contribution is 0.991. The Bertz CT molecular complexity index is 192. The summed E-state index contributed by atoms with van der Waals surface area (Å²) >= 11 is 0. The third-order valence-electron chi connectivity index (χ3n) is 1.49. The van der Waals surface area contributed by atoms with Crippen molar-refractivity contribution in [1.29, 1.82) is 0 Å². The van der Waals surface area contributed by atoms with Crippen LogP contribution in [0.1, 0.15) is 12.8 Å². The fraction of sp³-hybridized carbons (Fsp3) is 0.200. The van der Waals surface area contributed by atoms with Crippen molar-refractivity contribution in [1.82, 2.24) is 0 Å². The Balaban J connectivity index is 2.54. The molecule has 1 aliphatic carbocycles. The molecule has 0 aromatic carbocycles. The molecule has 0 radical (unpaired) electrons. The number of allylic oxidation sites excluding steroid dienone is 7. The summed E-state index contributed by atoms with van der Waals surface area (Å²) in [6, 6.07) is 0. The van der Waals surface area contributed by atoms with Gasteiger partial charge in [0.25, 0.3) is 0 Å². The van der Waals surface area contributed by atoms with Crippen LogP contribution in [0.4, 0.5) is 0 Å². The van der Waals surface area contributed by atoms with Gasteiger partial charge >= 0.3 is 0 Å². The third kappa shape index (κ3) is 2.06. The smallest absolute Gasteiger partial charge is 0.0244 e. The molecule has 0 saturated carbocycles. The standard InChI is InChI=1S/C10H12/c1-2-3-7-10-8-5-4-6-9-10/h2-5,7-8H,1,6,9H2/b7-3+. The van der Waals surface area contributed by atoms with Crippen LogP contribution >= 0.6 is 0 Å². The average molecular weight is 132 g/mol. The summed E-state index contributed by atoms with van der Waals surface area (Å²) < 4.78 is 0. The summed E-state index contributed by atoms with van der Waals surface area (Å²) in [7, 11) is 0. The molecule has 52 valence electrons. The number of hydrogen-bond donors (Lipinski definition) is 0. The first-order valence-electron chi connectivity index (χ1n) is 3.58. The maximum absolute atomic E-state index is 3.61. The van der Waals surface area contributed by atoms with Crippen molar-refractivity contribution in [2.45, 2.75) is 12.8 Å². The van der Waals surface area contributed by atoms with E-state index in [1.165, 1.54) is 18.4 Å². The molecule has 0 aromatic rings. The van der Waals surface area contributed by atoms with Crippen molar-refractivity contribution in [2.24, 2.45) is 0 Å². The van der Waals surface area contributed by atoms with Crippen molar-refractivity contribution in [3.8, 4) is 0 Å². The molecular formula is C10H12. The predicted octanol–water partition coefficient (Wildman–Crippen LogP) is 3.01. The zero-order chi connectivity index (χ0) is 7.23. The maximum Gasteiger partial charge on any atom is -0.0244 e. The summed E-state index contributed by atoms with van der Waals surface area (Å²) in [4.78, 5) is 0. The zero-order valence-corrected chi connectivity index (χ0v) is 6.09. The van der Waals surface area contributed by atoms with Crippen LogP contribution in [0, 0.1) is 0 Å². The molecule has 0 aliphatic heterocycles. The highest BCUT2D eigenvalue weighted by molar-refractivity contribution is 5.28. The van der Waals surface area contributed by atoms with Gasteiger partial charge in [-0.15, -0.1) is 0 Å². The number of rotatable bonds is 2. The lowest BCUT2D eigenvalue weighted by Gasteiger charge is -2.01. The molecular weight excluding hydrogens is 120 g/mol. The molecule has 0 aromatic heterocycles. The molecule has 0 heteroatoms. The van der Waals surface area contributed by atoms with Gasteiger partial charge in [-0.2, -0.15) is 0 Å². The van der Waals surface area contributed by atoms with Gasteiger partial charge in [0, 0.05) is 0 Å². The van der Waals surface area contributed by atoms with Gasteiger partial charge in [-0.3, -0.25) is 0 Å². The first-order chi connectivity index (χ1) is 4.93. The molecule has 0 nitrogen and oxygen atoms in total. The van der Waals surface area contributed by atoms with Crippen molar-refractivity contribution in [3.05, 3.63) is 48.6 Å². The van der Waals surface area contributed by atoms with Crippen LogP contribution in [0.2, 0.25) is 0 Å². The maximum atomic E-state index is 3.61. The van der Waals surface area contributed by atoms with E-state index in [0.717, 1.165) is 0 Å². The van der Waals surface area contributed by atoms with Crippen LogP contribution in [0.5, 0.6) is 0 Å².